The molecule has 0 aromatic carbocycles. The largest absolute Gasteiger partial charge is 0.338 e. The Balaban J connectivity index is 3.39. The van der Waals surface area contributed by atoms with Crippen molar-refractivity contribution in [2.75, 3.05) is 24.6 Å². The van der Waals surface area contributed by atoms with Crippen molar-refractivity contribution < 1.29 is 9.59 Å². The molecular formula is C20H40N2O2S2. The Morgan fingerprint density at radius 1 is 0.769 bits per heavy atom. The summed E-state index contributed by atoms with van der Waals surface area (Å²) in [7, 11) is 3.20. The van der Waals surface area contributed by atoms with Gasteiger partial charge in [-0.15, -0.1) is 0 Å². The molecule has 0 aliphatic heterocycles. The molecule has 2 amide bonds. The van der Waals surface area contributed by atoms with Crippen LogP contribution in [0.4, 0.5) is 4.79 Å². The van der Waals surface area contributed by atoms with Crippen LogP contribution in [0.25, 0.3) is 0 Å². The van der Waals surface area contributed by atoms with E-state index in [9.17, 15) is 9.59 Å². The molecule has 0 radical (unpaired) electrons. The first-order chi connectivity index (χ1) is 12.0. The molecular weight excluding hydrogens is 364 g/mol. The lowest BCUT2D eigenvalue weighted by molar-refractivity contribution is -0.123. The minimum atomic E-state index is -0.266. The fourth-order valence-corrected chi connectivity index (χ4v) is 4.25. The van der Waals surface area contributed by atoms with Gasteiger partial charge in [0.2, 0.25) is 0 Å². The highest BCUT2D eigenvalue weighted by molar-refractivity contribution is 8.76. The molecule has 154 valence electrons. The van der Waals surface area contributed by atoms with E-state index in [1.807, 2.05) is 20.8 Å². The molecule has 0 spiro atoms. The van der Waals surface area contributed by atoms with Crippen LogP contribution in [0, 0.1) is 10.8 Å². The normalized spacial score (nSPS) is 12.1. The van der Waals surface area contributed by atoms with E-state index in [0.717, 1.165) is 18.7 Å². The zero-order valence-corrected chi connectivity index (χ0v) is 19.3. The lowest BCUT2D eigenvalue weighted by Crippen LogP contribution is -2.37. The van der Waals surface area contributed by atoms with Crippen LogP contribution < -0.4 is 10.6 Å². The number of hydrogen-bond donors (Lipinski definition) is 2. The molecule has 0 aromatic heterocycles. The third-order valence-electron chi connectivity index (χ3n) is 3.97. The molecule has 0 atom stereocenters. The quantitative estimate of drug-likeness (QED) is 0.307. The molecule has 26 heavy (non-hydrogen) atoms. The van der Waals surface area contributed by atoms with Crippen molar-refractivity contribution in [3.63, 3.8) is 0 Å². The van der Waals surface area contributed by atoms with Crippen molar-refractivity contribution in [1.29, 1.82) is 0 Å². The molecule has 0 heterocycles. The van der Waals surface area contributed by atoms with Crippen LogP contribution in [0.5, 0.6) is 0 Å². The van der Waals surface area contributed by atoms with Crippen molar-refractivity contribution in [3.8, 4) is 0 Å². The molecule has 0 saturated heterocycles. The van der Waals surface area contributed by atoms with Crippen molar-refractivity contribution >= 4 is 33.4 Å². The monoisotopic (exact) mass is 404 g/mol. The predicted octanol–water partition coefficient (Wildman–Crippen LogP) is 5.67. The second-order valence-electron chi connectivity index (χ2n) is 9.02. The van der Waals surface area contributed by atoms with E-state index in [0.29, 0.717) is 17.7 Å². The SMILES string of the molecule is CC(C)(C)CCCCCCCNC(=O)NCCSSCC(=O)C(C)(C)C. The van der Waals surface area contributed by atoms with Gasteiger partial charge < -0.3 is 10.6 Å². The highest BCUT2D eigenvalue weighted by atomic mass is 33.1. The lowest BCUT2D eigenvalue weighted by Gasteiger charge is -2.17. The maximum absolute atomic E-state index is 11.8. The molecule has 0 aliphatic rings. The van der Waals surface area contributed by atoms with Gasteiger partial charge in [0.05, 0.1) is 5.75 Å². The summed E-state index contributed by atoms with van der Waals surface area (Å²) in [6.07, 6.45) is 7.35. The number of nitrogens with one attached hydrogen (secondary N) is 2. The number of carbonyl (C=O) groups excluding carboxylic acids is 2. The van der Waals surface area contributed by atoms with Gasteiger partial charge in [-0.25, -0.2) is 4.79 Å². The Kier molecular flexibility index (Phi) is 13.6. The number of hydrogen-bond acceptors (Lipinski definition) is 4. The van der Waals surface area contributed by atoms with Crippen molar-refractivity contribution in [3.05, 3.63) is 0 Å². The second kappa shape index (κ2) is 13.8. The Morgan fingerprint density at radius 3 is 1.96 bits per heavy atom. The molecule has 2 N–H and O–H groups in total. The third-order valence-corrected chi connectivity index (χ3v) is 6.24. The fourth-order valence-electron chi connectivity index (χ4n) is 2.15. The summed E-state index contributed by atoms with van der Waals surface area (Å²) >= 11 is 0. The highest BCUT2D eigenvalue weighted by Gasteiger charge is 2.20. The number of unbranched alkanes of at least 4 members (excludes halogenated alkanes) is 4. The third kappa shape index (κ3) is 17.1. The molecule has 6 heteroatoms. The van der Waals surface area contributed by atoms with Gasteiger partial charge in [0, 0.05) is 24.3 Å². The van der Waals surface area contributed by atoms with Gasteiger partial charge in [-0.05, 0) is 18.3 Å². The number of urea groups is 1. The van der Waals surface area contributed by atoms with Crippen molar-refractivity contribution in [2.24, 2.45) is 10.8 Å². The molecule has 4 nitrogen and oxygen atoms in total. The summed E-state index contributed by atoms with van der Waals surface area (Å²) in [5.74, 6) is 1.60. The Morgan fingerprint density at radius 2 is 1.35 bits per heavy atom. The molecule has 0 fully saturated rings. The first-order valence-corrected chi connectivity index (χ1v) is 12.3. The Labute approximate surface area is 169 Å². The van der Waals surface area contributed by atoms with E-state index in [-0.39, 0.29) is 17.2 Å². The van der Waals surface area contributed by atoms with Crippen LogP contribution in [-0.2, 0) is 4.79 Å². The van der Waals surface area contributed by atoms with E-state index < -0.39 is 0 Å². The highest BCUT2D eigenvalue weighted by Crippen LogP contribution is 2.25. The van der Waals surface area contributed by atoms with Gasteiger partial charge in [0.15, 0.2) is 0 Å². The van der Waals surface area contributed by atoms with Gasteiger partial charge in [-0.3, -0.25) is 4.79 Å². The molecule has 0 aliphatic carbocycles. The van der Waals surface area contributed by atoms with Crippen molar-refractivity contribution in [1.82, 2.24) is 10.6 Å². The topological polar surface area (TPSA) is 58.2 Å². The Hall–Kier alpha value is -0.360. The van der Waals surface area contributed by atoms with Gasteiger partial charge in [0.1, 0.15) is 5.78 Å². The van der Waals surface area contributed by atoms with Gasteiger partial charge in [-0.1, -0.05) is 88.8 Å². The minimum absolute atomic E-state index is 0.0888. The fraction of sp³-hybridized carbons (Fsp3) is 0.900. The number of amides is 2. The van der Waals surface area contributed by atoms with E-state index in [1.165, 1.54) is 32.1 Å². The van der Waals surface area contributed by atoms with E-state index in [4.69, 9.17) is 0 Å². The number of carbonyl (C=O) groups is 2. The molecule has 0 aromatic rings. The summed E-state index contributed by atoms with van der Waals surface area (Å²) in [5.41, 5.74) is 0.177. The average Bonchev–Trinajstić information content (AvgIpc) is 2.51. The van der Waals surface area contributed by atoms with Crippen LogP contribution >= 0.6 is 21.6 Å². The average molecular weight is 405 g/mol. The summed E-state index contributed by atoms with van der Waals surface area (Å²) in [4.78, 5) is 23.4. The van der Waals surface area contributed by atoms with Gasteiger partial charge >= 0.3 is 6.03 Å². The van der Waals surface area contributed by atoms with E-state index in [1.54, 1.807) is 21.6 Å². The standard InChI is InChI=1S/C20H40N2O2S2/c1-19(2,3)12-10-8-7-9-11-13-21-18(24)22-14-15-25-26-16-17(23)20(4,5)6/h7-16H2,1-6H3,(H2,21,22,24). The summed E-state index contributed by atoms with van der Waals surface area (Å²) < 4.78 is 0. The van der Waals surface area contributed by atoms with Crippen molar-refractivity contribution in [2.45, 2.75) is 80.1 Å². The van der Waals surface area contributed by atoms with Gasteiger partial charge in [0.25, 0.3) is 0 Å². The van der Waals surface area contributed by atoms with E-state index >= 15 is 0 Å². The van der Waals surface area contributed by atoms with Crippen LogP contribution in [0.3, 0.4) is 0 Å². The number of ketones is 1. The number of Topliss-reactive ketones (excluding diaryl/α,β-unsaturated/α-hetero) is 1. The molecule has 0 bridgehead atoms. The van der Waals surface area contributed by atoms with Crippen LogP contribution in [-0.4, -0.2) is 36.4 Å². The summed E-state index contributed by atoms with van der Waals surface area (Å²) in [5, 5.41) is 5.77. The van der Waals surface area contributed by atoms with Crippen LogP contribution in [0.2, 0.25) is 0 Å². The van der Waals surface area contributed by atoms with Crippen LogP contribution in [0.15, 0.2) is 0 Å². The summed E-state index contributed by atoms with van der Waals surface area (Å²) in [6, 6.07) is -0.0888. The molecule has 0 unspecified atom stereocenters. The zero-order chi connectivity index (χ0) is 20.1. The first kappa shape index (κ1) is 25.6. The maximum Gasteiger partial charge on any atom is 0.314 e. The molecule has 0 saturated carbocycles. The summed E-state index contributed by atoms with van der Waals surface area (Å²) in [6.45, 7) is 14.1. The number of rotatable bonds is 13. The second-order valence-corrected chi connectivity index (χ2v) is 11.6. The predicted molar refractivity (Wildman–Crippen MR) is 118 cm³/mol. The lowest BCUT2D eigenvalue weighted by atomic mass is 9.89. The maximum atomic E-state index is 11.8. The zero-order valence-electron chi connectivity index (χ0n) is 17.7. The van der Waals surface area contributed by atoms with E-state index in [2.05, 4.69) is 31.4 Å². The van der Waals surface area contributed by atoms with Gasteiger partial charge in [-0.2, -0.15) is 0 Å². The smallest absolute Gasteiger partial charge is 0.314 e. The van der Waals surface area contributed by atoms with Crippen LogP contribution in [0.1, 0.15) is 80.1 Å². The first-order valence-electron chi connectivity index (χ1n) is 9.82. The molecule has 0 rings (SSSR count). The Bertz CT molecular complexity index is 402. The minimum Gasteiger partial charge on any atom is -0.338 e.